The molecule has 22 heavy (non-hydrogen) atoms. The van der Waals surface area contributed by atoms with Crippen LogP contribution in [-0.2, 0) is 11.2 Å². The molecule has 0 aliphatic carbocycles. The Kier molecular flexibility index (Phi) is 5.64. The third kappa shape index (κ3) is 4.65. The number of benzene rings is 1. The van der Waals surface area contributed by atoms with Gasteiger partial charge in [0.1, 0.15) is 5.82 Å². The van der Waals surface area contributed by atoms with Crippen LogP contribution < -0.4 is 5.32 Å². The van der Waals surface area contributed by atoms with Crippen molar-refractivity contribution in [1.29, 1.82) is 0 Å². The van der Waals surface area contributed by atoms with Crippen LogP contribution in [0.5, 0.6) is 0 Å². The van der Waals surface area contributed by atoms with Crippen molar-refractivity contribution in [2.24, 2.45) is 0 Å². The molecule has 1 atom stereocenters. The molecule has 0 saturated heterocycles. The zero-order valence-corrected chi connectivity index (χ0v) is 13.0. The van der Waals surface area contributed by atoms with Gasteiger partial charge in [0.15, 0.2) is 0 Å². The number of nitrogens with one attached hydrogen (secondary N) is 1. The summed E-state index contributed by atoms with van der Waals surface area (Å²) in [5.41, 5.74) is 3.01. The van der Waals surface area contributed by atoms with E-state index < -0.39 is 0 Å². The summed E-state index contributed by atoms with van der Waals surface area (Å²) in [6.45, 7) is 3.92. The average molecular weight is 300 g/mol. The van der Waals surface area contributed by atoms with Crippen molar-refractivity contribution in [2.45, 2.75) is 39.2 Å². The van der Waals surface area contributed by atoms with Crippen molar-refractivity contribution in [1.82, 2.24) is 10.3 Å². The molecule has 2 aromatic rings. The number of carbonyl (C=O) groups excluding carboxylic acids is 1. The van der Waals surface area contributed by atoms with E-state index >= 15 is 0 Å². The number of carbonyl (C=O) groups is 1. The molecule has 0 saturated carbocycles. The van der Waals surface area contributed by atoms with E-state index in [1.807, 2.05) is 26.0 Å². The van der Waals surface area contributed by atoms with Crippen LogP contribution in [0.1, 0.15) is 42.6 Å². The minimum atomic E-state index is -0.235. The fourth-order valence-corrected chi connectivity index (χ4v) is 2.44. The van der Waals surface area contributed by atoms with E-state index in [0.29, 0.717) is 6.42 Å². The van der Waals surface area contributed by atoms with Crippen molar-refractivity contribution in [3.8, 4) is 0 Å². The van der Waals surface area contributed by atoms with E-state index in [2.05, 4.69) is 10.3 Å². The monoisotopic (exact) mass is 300 g/mol. The van der Waals surface area contributed by atoms with Crippen LogP contribution >= 0.6 is 0 Å². The number of pyridine rings is 1. The Morgan fingerprint density at radius 2 is 2.00 bits per heavy atom. The molecule has 1 N–H and O–H groups in total. The quantitative estimate of drug-likeness (QED) is 0.883. The minimum Gasteiger partial charge on any atom is -0.348 e. The van der Waals surface area contributed by atoms with Crippen molar-refractivity contribution in [3.05, 3.63) is 65.2 Å². The van der Waals surface area contributed by atoms with Gasteiger partial charge in [-0.25, -0.2) is 4.39 Å². The standard InChI is InChI=1S/C18H21FN2O/c1-13-5-4-12-20-18(13)14(2)21-17(22)7-3-6-15-8-10-16(19)11-9-15/h4-5,8-12,14H,3,6-7H2,1-2H3,(H,21,22)/t14-/m0/s1. The number of aromatic nitrogens is 1. The molecule has 0 aliphatic rings. The summed E-state index contributed by atoms with van der Waals surface area (Å²) in [6.07, 6.45) is 3.70. The van der Waals surface area contributed by atoms with Gasteiger partial charge in [0.25, 0.3) is 0 Å². The normalized spacial score (nSPS) is 12.0. The van der Waals surface area contributed by atoms with E-state index in [1.54, 1.807) is 18.3 Å². The first-order chi connectivity index (χ1) is 10.6. The molecule has 0 radical (unpaired) electrons. The molecule has 3 nitrogen and oxygen atoms in total. The van der Waals surface area contributed by atoms with Crippen molar-refractivity contribution < 1.29 is 9.18 Å². The maximum Gasteiger partial charge on any atom is 0.220 e. The summed E-state index contributed by atoms with van der Waals surface area (Å²) in [5.74, 6) is -0.222. The number of hydrogen-bond donors (Lipinski definition) is 1. The number of hydrogen-bond acceptors (Lipinski definition) is 2. The predicted molar refractivity (Wildman–Crippen MR) is 84.9 cm³/mol. The third-order valence-corrected chi connectivity index (χ3v) is 3.62. The highest BCUT2D eigenvalue weighted by Gasteiger charge is 2.12. The van der Waals surface area contributed by atoms with Crippen LogP contribution in [0.4, 0.5) is 4.39 Å². The Balaban J connectivity index is 1.78. The SMILES string of the molecule is Cc1cccnc1[C@H](C)NC(=O)CCCc1ccc(F)cc1. The van der Waals surface area contributed by atoms with Crippen LogP contribution in [0, 0.1) is 12.7 Å². The second-order valence-electron chi connectivity index (χ2n) is 5.47. The zero-order chi connectivity index (χ0) is 15.9. The van der Waals surface area contributed by atoms with Gasteiger partial charge < -0.3 is 5.32 Å². The highest BCUT2D eigenvalue weighted by Crippen LogP contribution is 2.14. The smallest absolute Gasteiger partial charge is 0.220 e. The van der Waals surface area contributed by atoms with Gasteiger partial charge in [-0.15, -0.1) is 0 Å². The average Bonchev–Trinajstić information content (AvgIpc) is 2.49. The van der Waals surface area contributed by atoms with E-state index in [1.165, 1.54) is 12.1 Å². The van der Waals surface area contributed by atoms with Crippen molar-refractivity contribution in [3.63, 3.8) is 0 Å². The van der Waals surface area contributed by atoms with Gasteiger partial charge in [-0.05, 0) is 56.0 Å². The van der Waals surface area contributed by atoms with Crippen molar-refractivity contribution in [2.75, 3.05) is 0 Å². The maximum absolute atomic E-state index is 12.8. The van der Waals surface area contributed by atoms with Crippen molar-refractivity contribution >= 4 is 5.91 Å². The highest BCUT2D eigenvalue weighted by atomic mass is 19.1. The fraction of sp³-hybridized carbons (Fsp3) is 0.333. The predicted octanol–water partition coefficient (Wildman–Crippen LogP) is 3.73. The number of amides is 1. The fourth-order valence-electron chi connectivity index (χ4n) is 2.44. The van der Waals surface area contributed by atoms with Gasteiger partial charge >= 0.3 is 0 Å². The van der Waals surface area contributed by atoms with Gasteiger partial charge in [0, 0.05) is 12.6 Å². The largest absolute Gasteiger partial charge is 0.348 e. The molecule has 4 heteroatoms. The first-order valence-corrected chi connectivity index (χ1v) is 7.51. The molecule has 1 aromatic heterocycles. The van der Waals surface area contributed by atoms with Gasteiger partial charge in [0.2, 0.25) is 5.91 Å². The Bertz CT molecular complexity index is 625. The summed E-state index contributed by atoms with van der Waals surface area (Å²) in [7, 11) is 0. The topological polar surface area (TPSA) is 42.0 Å². The lowest BCUT2D eigenvalue weighted by Gasteiger charge is -2.15. The molecule has 0 aliphatic heterocycles. The highest BCUT2D eigenvalue weighted by molar-refractivity contribution is 5.76. The number of rotatable bonds is 6. The molecule has 0 fully saturated rings. The van der Waals surface area contributed by atoms with Crippen LogP contribution in [0.25, 0.3) is 0 Å². The van der Waals surface area contributed by atoms with E-state index in [0.717, 1.165) is 29.7 Å². The molecule has 0 unspecified atom stereocenters. The number of nitrogens with zero attached hydrogens (tertiary/aromatic N) is 1. The summed E-state index contributed by atoms with van der Waals surface area (Å²) in [6, 6.07) is 10.2. The first kappa shape index (κ1) is 16.1. The first-order valence-electron chi connectivity index (χ1n) is 7.51. The molecule has 0 spiro atoms. The molecular formula is C18H21FN2O. The van der Waals surface area contributed by atoms with E-state index in [-0.39, 0.29) is 17.8 Å². The Labute approximate surface area is 130 Å². The Morgan fingerprint density at radius 1 is 1.27 bits per heavy atom. The Morgan fingerprint density at radius 3 is 2.68 bits per heavy atom. The molecular weight excluding hydrogens is 279 g/mol. The second kappa shape index (κ2) is 7.69. The molecule has 0 bridgehead atoms. The second-order valence-corrected chi connectivity index (χ2v) is 5.47. The van der Waals surface area contributed by atoms with E-state index in [4.69, 9.17) is 0 Å². The summed E-state index contributed by atoms with van der Waals surface area (Å²) in [5, 5.41) is 2.97. The van der Waals surface area contributed by atoms with Gasteiger partial charge in [-0.2, -0.15) is 0 Å². The van der Waals surface area contributed by atoms with Gasteiger partial charge in [-0.3, -0.25) is 9.78 Å². The summed E-state index contributed by atoms with van der Waals surface area (Å²) < 4.78 is 12.8. The van der Waals surface area contributed by atoms with E-state index in [9.17, 15) is 9.18 Å². The lowest BCUT2D eigenvalue weighted by Crippen LogP contribution is -2.27. The van der Waals surface area contributed by atoms with Crippen LogP contribution in [-0.4, -0.2) is 10.9 Å². The number of aryl methyl sites for hydroxylation is 2. The number of halogens is 1. The molecule has 116 valence electrons. The zero-order valence-electron chi connectivity index (χ0n) is 13.0. The van der Waals surface area contributed by atoms with Crippen LogP contribution in [0.3, 0.4) is 0 Å². The summed E-state index contributed by atoms with van der Waals surface area (Å²) in [4.78, 5) is 16.3. The van der Waals surface area contributed by atoms with Crippen LogP contribution in [0.15, 0.2) is 42.6 Å². The lowest BCUT2D eigenvalue weighted by molar-refractivity contribution is -0.121. The lowest BCUT2D eigenvalue weighted by atomic mass is 10.1. The third-order valence-electron chi connectivity index (χ3n) is 3.62. The minimum absolute atomic E-state index is 0.0136. The molecule has 1 aromatic carbocycles. The van der Waals surface area contributed by atoms with Crippen LogP contribution in [0.2, 0.25) is 0 Å². The molecule has 1 heterocycles. The van der Waals surface area contributed by atoms with Gasteiger partial charge in [-0.1, -0.05) is 18.2 Å². The van der Waals surface area contributed by atoms with Gasteiger partial charge in [0.05, 0.1) is 11.7 Å². The maximum atomic E-state index is 12.8. The summed E-state index contributed by atoms with van der Waals surface area (Å²) >= 11 is 0. The molecule has 2 rings (SSSR count). The molecule has 1 amide bonds. The Hall–Kier alpha value is -2.23.